The van der Waals surface area contributed by atoms with Gasteiger partial charge in [0.15, 0.2) is 0 Å². The highest BCUT2D eigenvalue weighted by molar-refractivity contribution is 14.1. The number of carbonyl (C=O) groups excluding carboxylic acids is 1. The number of nitrogens with zero attached hydrogens (tertiary/aromatic N) is 1. The van der Waals surface area contributed by atoms with E-state index in [9.17, 15) is 13.6 Å². The number of carbonyl (C=O) groups is 1. The Morgan fingerprint density at radius 3 is 2.82 bits per heavy atom. The van der Waals surface area contributed by atoms with Gasteiger partial charge in [-0.3, -0.25) is 4.79 Å². The number of hydrogen-bond acceptors (Lipinski definition) is 3. The van der Waals surface area contributed by atoms with Gasteiger partial charge in [0.25, 0.3) is 6.43 Å². The topological polar surface area (TPSA) is 39.2 Å². The maximum Gasteiger partial charge on any atom is 0.310 e. The van der Waals surface area contributed by atoms with Gasteiger partial charge in [0.1, 0.15) is 10.8 Å². The van der Waals surface area contributed by atoms with Crippen LogP contribution in [0.1, 0.15) is 24.6 Å². The van der Waals surface area contributed by atoms with Crippen LogP contribution in [0.5, 0.6) is 0 Å². The van der Waals surface area contributed by atoms with Crippen molar-refractivity contribution in [2.45, 2.75) is 19.8 Å². The summed E-state index contributed by atoms with van der Waals surface area (Å²) in [6.07, 6.45) is -2.81. The van der Waals surface area contributed by atoms with E-state index in [1.54, 1.807) is 29.5 Å². The van der Waals surface area contributed by atoms with Crippen LogP contribution in [0.15, 0.2) is 6.07 Å². The molecule has 0 amide bonds. The molecule has 0 saturated heterocycles. The Kier molecular flexibility index (Phi) is 5.51. The predicted molar refractivity (Wildman–Crippen MR) is 67.3 cm³/mol. The van der Waals surface area contributed by atoms with Crippen molar-refractivity contribution in [1.29, 1.82) is 0 Å². The summed E-state index contributed by atoms with van der Waals surface area (Å²) in [4.78, 5) is 14.8. The average Bonchev–Trinajstić information content (AvgIpc) is 2.22. The first kappa shape index (κ1) is 14.6. The molecule has 3 nitrogen and oxygen atoms in total. The summed E-state index contributed by atoms with van der Waals surface area (Å²) in [7, 11) is 0. The molecule has 0 fully saturated rings. The first-order valence-electron chi connectivity index (χ1n) is 4.74. The first-order valence-corrected chi connectivity index (χ1v) is 6.20. The molecule has 7 heteroatoms. The Labute approximate surface area is 116 Å². The van der Waals surface area contributed by atoms with Gasteiger partial charge >= 0.3 is 5.97 Å². The number of halogens is 4. The maximum atomic E-state index is 12.6. The van der Waals surface area contributed by atoms with Gasteiger partial charge in [-0.2, -0.15) is 0 Å². The van der Waals surface area contributed by atoms with Gasteiger partial charge < -0.3 is 4.74 Å². The molecule has 0 spiro atoms. The number of alkyl halides is 2. The number of rotatable bonds is 4. The monoisotopic (exact) mass is 375 g/mol. The molecule has 0 aromatic carbocycles. The first-order chi connectivity index (χ1) is 7.95. The summed E-state index contributed by atoms with van der Waals surface area (Å²) >= 11 is 7.35. The molecule has 1 aromatic rings. The smallest absolute Gasteiger partial charge is 0.310 e. The Morgan fingerprint density at radius 1 is 1.65 bits per heavy atom. The molecule has 0 saturated carbocycles. The molecule has 0 aliphatic carbocycles. The standard InChI is InChI=1S/C10H9ClF2INO2/c1-2-17-7(16)4-5-3-6(11)15-9(8(5)14)10(12)13/h3,10H,2,4H2,1H3. The van der Waals surface area contributed by atoms with Crippen LogP contribution in [0.4, 0.5) is 8.78 Å². The van der Waals surface area contributed by atoms with Gasteiger partial charge in [-0.1, -0.05) is 11.6 Å². The SMILES string of the molecule is CCOC(=O)Cc1cc(Cl)nc(C(F)F)c1I. The lowest BCUT2D eigenvalue weighted by Crippen LogP contribution is -2.10. The van der Waals surface area contributed by atoms with E-state index in [-0.39, 0.29) is 21.8 Å². The normalized spacial score (nSPS) is 10.7. The Balaban J connectivity index is 3.03. The van der Waals surface area contributed by atoms with Crippen molar-refractivity contribution < 1.29 is 18.3 Å². The van der Waals surface area contributed by atoms with E-state index in [4.69, 9.17) is 16.3 Å². The lowest BCUT2D eigenvalue weighted by atomic mass is 10.1. The van der Waals surface area contributed by atoms with E-state index < -0.39 is 18.1 Å². The van der Waals surface area contributed by atoms with E-state index in [1.165, 1.54) is 6.07 Å². The van der Waals surface area contributed by atoms with Gasteiger partial charge in [0, 0.05) is 3.57 Å². The molecular weight excluding hydrogens is 366 g/mol. The number of ether oxygens (including phenoxy) is 1. The van der Waals surface area contributed by atoms with Crippen LogP contribution < -0.4 is 0 Å². The zero-order chi connectivity index (χ0) is 13.0. The van der Waals surface area contributed by atoms with E-state index in [0.29, 0.717) is 5.56 Å². The van der Waals surface area contributed by atoms with E-state index in [2.05, 4.69) is 4.98 Å². The Hall–Kier alpha value is -0.500. The molecule has 94 valence electrons. The highest BCUT2D eigenvalue weighted by atomic mass is 127. The van der Waals surface area contributed by atoms with E-state index in [0.717, 1.165) is 0 Å². The zero-order valence-electron chi connectivity index (χ0n) is 8.84. The molecule has 0 N–H and O–H groups in total. The summed E-state index contributed by atoms with van der Waals surface area (Å²) in [5.41, 5.74) is -0.00301. The summed E-state index contributed by atoms with van der Waals surface area (Å²) in [5, 5.41) is -0.0555. The fourth-order valence-corrected chi connectivity index (χ4v) is 2.13. The third-order valence-corrected chi connectivity index (χ3v) is 3.31. The van der Waals surface area contributed by atoms with Crippen molar-refractivity contribution in [3.05, 3.63) is 26.0 Å². The molecule has 0 atom stereocenters. The summed E-state index contributed by atoms with van der Waals surface area (Å²) < 4.78 is 30.3. The minimum Gasteiger partial charge on any atom is -0.466 e. The third-order valence-electron chi connectivity index (χ3n) is 1.87. The molecule has 0 aliphatic rings. The second-order valence-electron chi connectivity index (χ2n) is 3.09. The fourth-order valence-electron chi connectivity index (χ4n) is 1.21. The second-order valence-corrected chi connectivity index (χ2v) is 4.55. The molecule has 0 radical (unpaired) electrons. The van der Waals surface area contributed by atoms with Gasteiger partial charge in [0.05, 0.1) is 13.0 Å². The van der Waals surface area contributed by atoms with Crippen molar-refractivity contribution in [3.8, 4) is 0 Å². The minimum absolute atomic E-state index is 0.0555. The molecule has 1 rings (SSSR count). The van der Waals surface area contributed by atoms with Crippen LogP contribution in [0, 0.1) is 3.57 Å². The molecule has 17 heavy (non-hydrogen) atoms. The molecule has 0 bridgehead atoms. The Bertz CT molecular complexity index is 429. The highest BCUT2D eigenvalue weighted by Crippen LogP contribution is 2.27. The zero-order valence-corrected chi connectivity index (χ0v) is 11.8. The second kappa shape index (κ2) is 6.44. The number of hydrogen-bond donors (Lipinski definition) is 0. The molecule has 0 aliphatic heterocycles. The van der Waals surface area contributed by atoms with Crippen molar-refractivity contribution in [3.63, 3.8) is 0 Å². The lowest BCUT2D eigenvalue weighted by molar-refractivity contribution is -0.142. The van der Waals surface area contributed by atoms with Crippen LogP contribution in [0.3, 0.4) is 0 Å². The van der Waals surface area contributed by atoms with Crippen molar-refractivity contribution >= 4 is 40.2 Å². The molecule has 1 heterocycles. The summed E-state index contributed by atoms with van der Waals surface area (Å²) in [6, 6.07) is 1.39. The average molecular weight is 376 g/mol. The molecular formula is C10H9ClF2INO2. The van der Waals surface area contributed by atoms with Crippen molar-refractivity contribution in [2.24, 2.45) is 0 Å². The lowest BCUT2D eigenvalue weighted by Gasteiger charge is -2.09. The molecule has 0 unspecified atom stereocenters. The third kappa shape index (κ3) is 4.02. The number of pyridine rings is 1. The summed E-state index contributed by atoms with van der Waals surface area (Å²) in [6.45, 7) is 1.92. The highest BCUT2D eigenvalue weighted by Gasteiger charge is 2.19. The van der Waals surface area contributed by atoms with Crippen LogP contribution in [0.2, 0.25) is 5.15 Å². The van der Waals surface area contributed by atoms with E-state index in [1.807, 2.05) is 0 Å². The van der Waals surface area contributed by atoms with Gasteiger partial charge in [-0.05, 0) is 41.1 Å². The summed E-state index contributed by atoms with van der Waals surface area (Å²) in [5.74, 6) is -0.479. The maximum absolute atomic E-state index is 12.6. The Morgan fingerprint density at radius 2 is 2.29 bits per heavy atom. The van der Waals surface area contributed by atoms with Crippen molar-refractivity contribution in [1.82, 2.24) is 4.98 Å². The predicted octanol–water partition coefficient (Wildman–Crippen LogP) is 3.38. The van der Waals surface area contributed by atoms with Crippen LogP contribution in [-0.2, 0) is 16.0 Å². The van der Waals surface area contributed by atoms with E-state index >= 15 is 0 Å². The van der Waals surface area contributed by atoms with Crippen LogP contribution in [-0.4, -0.2) is 17.6 Å². The van der Waals surface area contributed by atoms with Crippen LogP contribution >= 0.6 is 34.2 Å². The minimum atomic E-state index is -2.72. The van der Waals surface area contributed by atoms with Crippen LogP contribution in [0.25, 0.3) is 0 Å². The quantitative estimate of drug-likeness (QED) is 0.460. The van der Waals surface area contributed by atoms with Gasteiger partial charge in [-0.25, -0.2) is 13.8 Å². The number of aromatic nitrogens is 1. The van der Waals surface area contributed by atoms with Gasteiger partial charge in [-0.15, -0.1) is 0 Å². The molecule has 1 aromatic heterocycles. The van der Waals surface area contributed by atoms with Crippen molar-refractivity contribution in [2.75, 3.05) is 6.61 Å². The largest absolute Gasteiger partial charge is 0.466 e. The fraction of sp³-hybridized carbons (Fsp3) is 0.400. The van der Waals surface area contributed by atoms with Gasteiger partial charge in [0.2, 0.25) is 0 Å². The number of esters is 1.